The van der Waals surface area contributed by atoms with Crippen molar-refractivity contribution in [1.82, 2.24) is 5.32 Å². The smallest absolute Gasteiger partial charge is 0.312 e. The lowest BCUT2D eigenvalue weighted by molar-refractivity contribution is -0.135. The number of nitrogens with one attached hydrogen (secondary N) is 1. The highest BCUT2D eigenvalue weighted by molar-refractivity contribution is 14.1. The van der Waals surface area contributed by atoms with Crippen LogP contribution in [0.15, 0.2) is 6.07 Å². The van der Waals surface area contributed by atoms with Gasteiger partial charge in [-0.15, -0.1) is 0 Å². The zero-order chi connectivity index (χ0) is 26.5. The van der Waals surface area contributed by atoms with Crippen LogP contribution < -0.4 is 10.1 Å². The highest BCUT2D eigenvalue weighted by Gasteiger charge is 2.21. The van der Waals surface area contributed by atoms with Gasteiger partial charge >= 0.3 is 5.97 Å². The summed E-state index contributed by atoms with van der Waals surface area (Å²) < 4.78 is 21.5. The first-order chi connectivity index (χ1) is 17.2. The zero-order valence-corrected chi connectivity index (χ0v) is 27.5. The molecule has 1 aromatic carbocycles. The van der Waals surface area contributed by atoms with E-state index in [0.717, 1.165) is 29.3 Å². The second-order valence-corrected chi connectivity index (χ2v) is 13.1. The van der Waals surface area contributed by atoms with Crippen LogP contribution in [0, 0.1) is 22.4 Å². The van der Waals surface area contributed by atoms with Gasteiger partial charge in [0.2, 0.25) is 0 Å². The summed E-state index contributed by atoms with van der Waals surface area (Å²) in [7, 11) is 0. The third-order valence-electron chi connectivity index (χ3n) is 6.62. The van der Waals surface area contributed by atoms with Gasteiger partial charge in [0, 0.05) is 28.4 Å². The van der Waals surface area contributed by atoms with Crippen molar-refractivity contribution in [2.45, 2.75) is 103 Å². The fourth-order valence-electron chi connectivity index (χ4n) is 4.45. The molecular formula is C27H37FI3NO4. The first kappa shape index (κ1) is 32.3. The van der Waals surface area contributed by atoms with Crippen molar-refractivity contribution in [3.05, 3.63) is 22.6 Å². The second-order valence-electron chi connectivity index (χ2n) is 9.72. The lowest BCUT2D eigenvalue weighted by atomic mass is 9.88. The van der Waals surface area contributed by atoms with Gasteiger partial charge in [-0.3, -0.25) is 14.4 Å². The number of ketones is 2. The predicted octanol–water partition coefficient (Wildman–Crippen LogP) is 7.75. The van der Waals surface area contributed by atoms with Crippen LogP contribution in [0.4, 0.5) is 4.39 Å². The number of benzene rings is 1. The maximum atomic E-state index is 14.4. The zero-order valence-electron chi connectivity index (χ0n) is 21.0. The van der Waals surface area contributed by atoms with Gasteiger partial charge in [-0.1, -0.05) is 57.8 Å². The summed E-state index contributed by atoms with van der Waals surface area (Å²) in [5.41, 5.74) is 0. The molecule has 0 radical (unpaired) electrons. The minimum atomic E-state index is -0.560. The van der Waals surface area contributed by atoms with Gasteiger partial charge in [0.15, 0.2) is 11.6 Å². The lowest BCUT2D eigenvalue weighted by Gasteiger charge is -2.17. The number of esters is 1. The van der Waals surface area contributed by atoms with Crippen LogP contribution in [-0.2, 0) is 14.4 Å². The molecule has 1 aliphatic rings. The van der Waals surface area contributed by atoms with Crippen molar-refractivity contribution >= 4 is 85.3 Å². The number of ether oxygens (including phenoxy) is 1. The summed E-state index contributed by atoms with van der Waals surface area (Å²) in [4.78, 5) is 37.6. The Balaban J connectivity index is 1.73. The summed E-state index contributed by atoms with van der Waals surface area (Å²) in [6.45, 7) is 1.88. The Morgan fingerprint density at radius 3 is 2.08 bits per heavy atom. The van der Waals surface area contributed by atoms with Crippen LogP contribution in [-0.4, -0.2) is 30.1 Å². The Kier molecular flexibility index (Phi) is 15.8. The molecule has 1 saturated carbocycles. The van der Waals surface area contributed by atoms with Gasteiger partial charge in [0.25, 0.3) is 0 Å². The highest BCUT2D eigenvalue weighted by atomic mass is 127. The standard InChI is InChI=1S/C27H37FI3NO4/c1-18(15-24(35)36-27-25(28)21(29)16-22(30)26(27)31)32-17-20(33)13-14-23(34)19-11-9-7-5-3-2-4-6-8-10-12-19/h16,18-19,32H,2-15,17H2,1H3. The fourth-order valence-corrected chi connectivity index (χ4v) is 6.66. The quantitative estimate of drug-likeness (QED) is 0.113. The molecule has 0 heterocycles. The van der Waals surface area contributed by atoms with Gasteiger partial charge < -0.3 is 10.1 Å². The van der Waals surface area contributed by atoms with Crippen molar-refractivity contribution in [2.75, 3.05) is 6.54 Å². The molecule has 1 N–H and O–H groups in total. The van der Waals surface area contributed by atoms with Crippen molar-refractivity contribution in [3.8, 4) is 5.75 Å². The topological polar surface area (TPSA) is 72.5 Å². The molecule has 0 bridgehead atoms. The SMILES string of the molecule is CC(CC(=O)Oc1c(F)c(I)cc(I)c1I)NCC(=O)CCC(=O)C1CCCCCCCCCCC1. The van der Waals surface area contributed by atoms with Crippen LogP contribution >= 0.6 is 67.8 Å². The molecule has 0 amide bonds. The van der Waals surface area contributed by atoms with E-state index >= 15 is 0 Å². The molecule has 0 aromatic heterocycles. The summed E-state index contributed by atoms with van der Waals surface area (Å²) in [5, 5.41) is 3.04. The molecule has 1 aliphatic carbocycles. The summed E-state index contributed by atoms with van der Waals surface area (Å²) in [5.74, 6) is -0.882. The molecule has 1 unspecified atom stereocenters. The first-order valence-electron chi connectivity index (χ1n) is 13.0. The van der Waals surface area contributed by atoms with Crippen LogP contribution in [0.3, 0.4) is 0 Å². The number of Topliss-reactive ketones (excluding diaryl/α,β-unsaturated/α-hetero) is 2. The fraction of sp³-hybridized carbons (Fsp3) is 0.667. The summed E-state index contributed by atoms with van der Waals surface area (Å²) >= 11 is 5.91. The Morgan fingerprint density at radius 2 is 1.50 bits per heavy atom. The minimum Gasteiger partial charge on any atom is -0.422 e. The van der Waals surface area contributed by atoms with Gasteiger partial charge in [0.05, 0.1) is 20.1 Å². The average molecular weight is 839 g/mol. The molecule has 202 valence electrons. The van der Waals surface area contributed by atoms with E-state index in [1.165, 1.54) is 44.9 Å². The van der Waals surface area contributed by atoms with Crippen molar-refractivity contribution in [2.24, 2.45) is 5.92 Å². The molecule has 5 nitrogen and oxygen atoms in total. The number of carbonyl (C=O) groups is 3. The van der Waals surface area contributed by atoms with E-state index in [0.29, 0.717) is 13.6 Å². The monoisotopic (exact) mass is 839 g/mol. The van der Waals surface area contributed by atoms with E-state index in [-0.39, 0.29) is 48.7 Å². The molecular weight excluding hydrogens is 802 g/mol. The van der Waals surface area contributed by atoms with E-state index in [1.807, 2.05) is 45.2 Å². The van der Waals surface area contributed by atoms with Crippen LogP contribution in [0.1, 0.15) is 96.8 Å². The molecule has 0 aliphatic heterocycles. The third kappa shape index (κ3) is 11.9. The number of hydrogen-bond acceptors (Lipinski definition) is 5. The number of rotatable bonds is 10. The number of carbonyl (C=O) groups excluding carboxylic acids is 3. The van der Waals surface area contributed by atoms with Crippen molar-refractivity contribution in [1.29, 1.82) is 0 Å². The highest BCUT2D eigenvalue weighted by Crippen LogP contribution is 2.32. The Hall–Kier alpha value is 0.110. The molecule has 0 saturated heterocycles. The maximum absolute atomic E-state index is 14.4. The van der Waals surface area contributed by atoms with Gasteiger partial charge in [0.1, 0.15) is 11.6 Å². The largest absolute Gasteiger partial charge is 0.422 e. The molecule has 1 fully saturated rings. The van der Waals surface area contributed by atoms with Crippen molar-refractivity contribution in [3.63, 3.8) is 0 Å². The van der Waals surface area contributed by atoms with Gasteiger partial charge in [-0.2, -0.15) is 0 Å². The van der Waals surface area contributed by atoms with Crippen LogP contribution in [0.5, 0.6) is 5.75 Å². The predicted molar refractivity (Wildman–Crippen MR) is 166 cm³/mol. The van der Waals surface area contributed by atoms with E-state index in [2.05, 4.69) is 27.9 Å². The Labute approximate surface area is 255 Å². The minimum absolute atomic E-state index is 0.00581. The molecule has 1 atom stereocenters. The van der Waals surface area contributed by atoms with Gasteiger partial charge in [-0.05, 0) is 93.6 Å². The summed E-state index contributed by atoms with van der Waals surface area (Å²) in [6.07, 6.45) is 13.5. The molecule has 9 heteroatoms. The number of hydrogen-bond donors (Lipinski definition) is 1. The molecule has 36 heavy (non-hydrogen) atoms. The molecule has 0 spiro atoms. The first-order valence-corrected chi connectivity index (χ1v) is 16.2. The lowest BCUT2D eigenvalue weighted by Crippen LogP contribution is -2.34. The summed E-state index contributed by atoms with van der Waals surface area (Å²) in [6, 6.07) is 1.38. The van der Waals surface area contributed by atoms with Crippen molar-refractivity contribution < 1.29 is 23.5 Å². The van der Waals surface area contributed by atoms with Crippen LogP contribution in [0.25, 0.3) is 0 Å². The average Bonchev–Trinajstić information content (AvgIpc) is 2.83. The van der Waals surface area contributed by atoms with Gasteiger partial charge in [-0.25, -0.2) is 4.39 Å². The van der Waals surface area contributed by atoms with E-state index in [9.17, 15) is 18.8 Å². The van der Waals surface area contributed by atoms with E-state index < -0.39 is 11.8 Å². The van der Waals surface area contributed by atoms with Crippen LogP contribution in [0.2, 0.25) is 0 Å². The Morgan fingerprint density at radius 1 is 0.944 bits per heavy atom. The Bertz CT molecular complexity index is 858. The molecule has 1 aromatic rings. The molecule has 2 rings (SSSR count). The normalized spacial score (nSPS) is 17.0. The maximum Gasteiger partial charge on any atom is 0.312 e. The third-order valence-corrected chi connectivity index (χ3v) is 10.4. The van der Waals surface area contributed by atoms with E-state index in [4.69, 9.17) is 4.74 Å². The van der Waals surface area contributed by atoms with E-state index in [1.54, 1.807) is 13.0 Å². The number of halogens is 4. The second kappa shape index (κ2) is 17.6.